The first-order valence-electron chi connectivity index (χ1n) is 7.54. The lowest BCUT2D eigenvalue weighted by molar-refractivity contribution is -0.128. The number of halogens is 1. The fourth-order valence-electron chi connectivity index (χ4n) is 2.65. The van der Waals surface area contributed by atoms with Gasteiger partial charge in [-0.3, -0.25) is 9.69 Å². The first-order valence-corrected chi connectivity index (χ1v) is 8.33. The van der Waals surface area contributed by atoms with Crippen LogP contribution in [0.3, 0.4) is 0 Å². The van der Waals surface area contributed by atoms with Gasteiger partial charge >= 0.3 is 6.03 Å². The van der Waals surface area contributed by atoms with Crippen molar-refractivity contribution in [1.82, 2.24) is 10.2 Å². The second-order valence-corrected chi connectivity index (χ2v) is 6.49. The third-order valence-corrected chi connectivity index (χ3v) is 4.45. The second kappa shape index (κ2) is 6.96. The van der Waals surface area contributed by atoms with E-state index in [0.717, 1.165) is 16.5 Å². The molecular formula is C18H17BrN2O2. The largest absolute Gasteiger partial charge is 0.326 e. The first kappa shape index (κ1) is 15.7. The molecule has 1 fully saturated rings. The zero-order valence-electron chi connectivity index (χ0n) is 12.5. The number of hydrogen-bond acceptors (Lipinski definition) is 2. The summed E-state index contributed by atoms with van der Waals surface area (Å²) in [6.07, 6.45) is 1.38. The van der Waals surface area contributed by atoms with E-state index >= 15 is 0 Å². The molecule has 1 saturated heterocycles. The van der Waals surface area contributed by atoms with E-state index in [0.29, 0.717) is 13.0 Å². The Kier molecular flexibility index (Phi) is 4.76. The standard InChI is InChI=1S/C18H17BrN2O2/c19-15-9-6-14(7-10-15)12-21-17(22)16(20-18(21)23)11-8-13-4-2-1-3-5-13/h1-7,9-10,16H,8,11-12H2,(H,20,23)/t16-/m0/s1. The molecule has 1 aliphatic rings. The van der Waals surface area contributed by atoms with Gasteiger partial charge in [-0.05, 0) is 36.1 Å². The summed E-state index contributed by atoms with van der Waals surface area (Å²) >= 11 is 3.37. The molecule has 1 heterocycles. The highest BCUT2D eigenvalue weighted by Gasteiger charge is 2.37. The Bertz CT molecular complexity index is 701. The summed E-state index contributed by atoms with van der Waals surface area (Å²) in [6.45, 7) is 0.305. The predicted octanol–water partition coefficient (Wildman–Crippen LogP) is 3.50. The maximum atomic E-state index is 12.4. The molecule has 2 aromatic rings. The second-order valence-electron chi connectivity index (χ2n) is 5.58. The number of amides is 3. The van der Waals surface area contributed by atoms with E-state index < -0.39 is 6.04 Å². The van der Waals surface area contributed by atoms with E-state index in [1.165, 1.54) is 10.5 Å². The predicted molar refractivity (Wildman–Crippen MR) is 91.8 cm³/mol. The minimum atomic E-state index is -0.432. The average Bonchev–Trinajstić information content (AvgIpc) is 2.83. The Morgan fingerprint density at radius 3 is 2.35 bits per heavy atom. The smallest absolute Gasteiger partial charge is 0.325 e. The molecule has 0 aromatic heterocycles. The summed E-state index contributed by atoms with van der Waals surface area (Å²) < 4.78 is 0.971. The molecule has 0 radical (unpaired) electrons. The fraction of sp³-hybridized carbons (Fsp3) is 0.222. The van der Waals surface area contributed by atoms with E-state index in [1.54, 1.807) is 0 Å². The molecule has 0 saturated carbocycles. The fourth-order valence-corrected chi connectivity index (χ4v) is 2.91. The van der Waals surface area contributed by atoms with Crippen molar-refractivity contribution in [2.75, 3.05) is 0 Å². The molecule has 5 heteroatoms. The van der Waals surface area contributed by atoms with Crippen molar-refractivity contribution in [3.63, 3.8) is 0 Å². The molecule has 0 unspecified atom stereocenters. The quantitative estimate of drug-likeness (QED) is 0.816. The summed E-state index contributed by atoms with van der Waals surface area (Å²) in [7, 11) is 0. The van der Waals surface area contributed by atoms with Crippen molar-refractivity contribution in [1.29, 1.82) is 0 Å². The van der Waals surface area contributed by atoms with E-state index in [9.17, 15) is 9.59 Å². The van der Waals surface area contributed by atoms with Crippen molar-refractivity contribution >= 4 is 27.9 Å². The van der Waals surface area contributed by atoms with Gasteiger partial charge in [0.25, 0.3) is 5.91 Å². The van der Waals surface area contributed by atoms with Crippen LogP contribution in [0.25, 0.3) is 0 Å². The van der Waals surface area contributed by atoms with Gasteiger partial charge in [-0.2, -0.15) is 0 Å². The molecule has 3 amide bonds. The van der Waals surface area contributed by atoms with Crippen molar-refractivity contribution in [2.45, 2.75) is 25.4 Å². The number of carbonyl (C=O) groups excluding carboxylic acids is 2. The maximum absolute atomic E-state index is 12.4. The zero-order chi connectivity index (χ0) is 16.2. The van der Waals surface area contributed by atoms with Crippen LogP contribution < -0.4 is 5.32 Å². The summed E-state index contributed by atoms with van der Waals surface area (Å²) in [4.78, 5) is 25.8. The molecule has 0 aliphatic carbocycles. The SMILES string of the molecule is O=C1N[C@@H](CCc2ccccc2)C(=O)N1Cc1ccc(Br)cc1. The molecule has 1 aliphatic heterocycles. The number of benzene rings is 2. The third kappa shape index (κ3) is 3.79. The van der Waals surface area contributed by atoms with Gasteiger partial charge in [0.05, 0.1) is 6.54 Å². The van der Waals surface area contributed by atoms with Crippen LogP contribution in [-0.4, -0.2) is 22.9 Å². The summed E-state index contributed by atoms with van der Waals surface area (Å²) in [6, 6.07) is 16.8. The van der Waals surface area contributed by atoms with Crippen molar-refractivity contribution in [3.8, 4) is 0 Å². The lowest BCUT2D eigenvalue weighted by atomic mass is 10.1. The Morgan fingerprint density at radius 2 is 1.65 bits per heavy atom. The molecular weight excluding hydrogens is 356 g/mol. The minimum Gasteiger partial charge on any atom is -0.326 e. The van der Waals surface area contributed by atoms with Crippen LogP contribution in [0.15, 0.2) is 59.1 Å². The highest BCUT2D eigenvalue weighted by molar-refractivity contribution is 9.10. The Hall–Kier alpha value is -2.14. The van der Waals surface area contributed by atoms with Gasteiger partial charge in [0.15, 0.2) is 0 Å². The molecule has 4 nitrogen and oxygen atoms in total. The van der Waals surface area contributed by atoms with Crippen LogP contribution in [0.2, 0.25) is 0 Å². The monoisotopic (exact) mass is 372 g/mol. The maximum Gasteiger partial charge on any atom is 0.325 e. The van der Waals surface area contributed by atoms with Gasteiger partial charge in [0.2, 0.25) is 0 Å². The molecule has 1 atom stereocenters. The highest BCUT2D eigenvalue weighted by atomic mass is 79.9. The number of urea groups is 1. The van der Waals surface area contributed by atoms with Gasteiger partial charge in [-0.25, -0.2) is 4.79 Å². The van der Waals surface area contributed by atoms with Crippen LogP contribution in [0, 0.1) is 0 Å². The Balaban J connectivity index is 1.62. The van der Waals surface area contributed by atoms with Crippen LogP contribution in [0.1, 0.15) is 17.5 Å². The number of imide groups is 1. The first-order chi connectivity index (χ1) is 11.1. The molecule has 0 bridgehead atoms. The Morgan fingerprint density at radius 1 is 0.957 bits per heavy atom. The lowest BCUT2D eigenvalue weighted by Gasteiger charge is -2.13. The molecule has 118 valence electrons. The van der Waals surface area contributed by atoms with Crippen molar-refractivity contribution < 1.29 is 9.59 Å². The van der Waals surface area contributed by atoms with Gasteiger partial charge < -0.3 is 5.32 Å². The van der Waals surface area contributed by atoms with Gasteiger partial charge in [0, 0.05) is 4.47 Å². The normalized spacial score (nSPS) is 17.4. The van der Waals surface area contributed by atoms with Crippen molar-refractivity contribution in [2.24, 2.45) is 0 Å². The number of carbonyl (C=O) groups is 2. The molecule has 0 spiro atoms. The van der Waals surface area contributed by atoms with Gasteiger partial charge in [-0.1, -0.05) is 58.4 Å². The molecule has 3 rings (SSSR count). The lowest BCUT2D eigenvalue weighted by Crippen LogP contribution is -2.31. The number of nitrogens with zero attached hydrogens (tertiary/aromatic N) is 1. The zero-order valence-corrected chi connectivity index (χ0v) is 14.1. The highest BCUT2D eigenvalue weighted by Crippen LogP contribution is 2.17. The number of rotatable bonds is 5. The number of hydrogen-bond donors (Lipinski definition) is 1. The van der Waals surface area contributed by atoms with Crippen LogP contribution in [0.4, 0.5) is 4.79 Å². The molecule has 23 heavy (non-hydrogen) atoms. The summed E-state index contributed by atoms with van der Waals surface area (Å²) in [5.41, 5.74) is 2.10. The number of aryl methyl sites for hydroxylation is 1. The molecule has 1 N–H and O–H groups in total. The van der Waals surface area contributed by atoms with E-state index in [4.69, 9.17) is 0 Å². The van der Waals surface area contributed by atoms with E-state index in [-0.39, 0.29) is 11.9 Å². The van der Waals surface area contributed by atoms with Crippen LogP contribution in [-0.2, 0) is 17.8 Å². The number of nitrogens with one attached hydrogen (secondary N) is 1. The van der Waals surface area contributed by atoms with E-state index in [1.807, 2.05) is 54.6 Å². The van der Waals surface area contributed by atoms with Crippen LogP contribution in [0.5, 0.6) is 0 Å². The summed E-state index contributed by atoms with van der Waals surface area (Å²) in [5.74, 6) is -0.145. The minimum absolute atomic E-state index is 0.145. The van der Waals surface area contributed by atoms with Crippen molar-refractivity contribution in [3.05, 3.63) is 70.2 Å². The third-order valence-electron chi connectivity index (χ3n) is 3.93. The summed E-state index contributed by atoms with van der Waals surface area (Å²) in [5, 5.41) is 2.78. The molecule has 2 aromatic carbocycles. The van der Waals surface area contributed by atoms with Gasteiger partial charge in [-0.15, -0.1) is 0 Å². The van der Waals surface area contributed by atoms with Crippen LogP contribution >= 0.6 is 15.9 Å². The average molecular weight is 373 g/mol. The topological polar surface area (TPSA) is 49.4 Å². The van der Waals surface area contributed by atoms with Gasteiger partial charge in [0.1, 0.15) is 6.04 Å². The Labute approximate surface area is 143 Å². The van der Waals surface area contributed by atoms with E-state index in [2.05, 4.69) is 21.2 Å².